The van der Waals surface area contributed by atoms with Crippen molar-refractivity contribution < 1.29 is 18.1 Å². The van der Waals surface area contributed by atoms with Gasteiger partial charge in [0.25, 0.3) is 0 Å². The van der Waals surface area contributed by atoms with Crippen LogP contribution in [0, 0.1) is 27.4 Å². The van der Waals surface area contributed by atoms with E-state index in [9.17, 15) is 18.5 Å². The van der Waals surface area contributed by atoms with Crippen molar-refractivity contribution >= 4 is 15.7 Å². The summed E-state index contributed by atoms with van der Waals surface area (Å²) in [6.45, 7) is 2.81. The number of ether oxygens (including phenoxy) is 1. The van der Waals surface area contributed by atoms with E-state index in [1.54, 1.807) is 24.3 Å². The Kier molecular flexibility index (Phi) is 6.15. The number of piperidine rings is 1. The van der Waals surface area contributed by atoms with Crippen LogP contribution in [0.5, 0.6) is 11.5 Å². The maximum atomic E-state index is 12.9. The summed E-state index contributed by atoms with van der Waals surface area (Å²) in [7, 11) is -3.81. The maximum absolute atomic E-state index is 12.9. The van der Waals surface area contributed by atoms with Gasteiger partial charge in [0.1, 0.15) is 5.75 Å². The number of rotatable bonds is 6. The first kappa shape index (κ1) is 20.8. The molecule has 1 heterocycles. The number of nitriles is 1. The van der Waals surface area contributed by atoms with Crippen LogP contribution < -0.4 is 4.74 Å². The fraction of sp³-hybridized carbons (Fsp3) is 0.350. The molecule has 2 aromatic rings. The molecule has 0 aromatic heterocycles. The second-order valence-corrected chi connectivity index (χ2v) is 9.02. The van der Waals surface area contributed by atoms with Crippen LogP contribution in [0.2, 0.25) is 0 Å². The van der Waals surface area contributed by atoms with E-state index in [4.69, 9.17) is 10.00 Å². The largest absolute Gasteiger partial charge is 0.450 e. The van der Waals surface area contributed by atoms with Crippen LogP contribution >= 0.6 is 0 Å². The molecular weight excluding hydrogens is 394 g/mol. The minimum atomic E-state index is -3.81. The highest BCUT2D eigenvalue weighted by Gasteiger charge is 2.31. The number of nitro benzene ring substituents is 1. The van der Waals surface area contributed by atoms with Gasteiger partial charge in [-0.1, -0.05) is 19.1 Å². The second-order valence-electron chi connectivity index (χ2n) is 7.08. The first-order valence-corrected chi connectivity index (χ1v) is 10.7. The Morgan fingerprint density at radius 2 is 2.00 bits per heavy atom. The van der Waals surface area contributed by atoms with Crippen LogP contribution in [0.15, 0.2) is 47.4 Å². The van der Waals surface area contributed by atoms with Gasteiger partial charge < -0.3 is 4.74 Å². The third-order valence-electron chi connectivity index (χ3n) is 4.82. The molecular formula is C20H21N3O5S. The summed E-state index contributed by atoms with van der Waals surface area (Å²) in [5.74, 6) is 0.560. The molecule has 0 saturated carbocycles. The highest BCUT2D eigenvalue weighted by atomic mass is 32.2. The normalized spacial score (nSPS) is 17.4. The zero-order chi connectivity index (χ0) is 21.0. The third kappa shape index (κ3) is 4.72. The number of benzene rings is 2. The average Bonchev–Trinajstić information content (AvgIpc) is 2.69. The first-order chi connectivity index (χ1) is 13.8. The molecule has 152 valence electrons. The van der Waals surface area contributed by atoms with Crippen LogP contribution in [0.25, 0.3) is 0 Å². The molecule has 29 heavy (non-hydrogen) atoms. The predicted molar refractivity (Wildman–Crippen MR) is 106 cm³/mol. The van der Waals surface area contributed by atoms with Gasteiger partial charge >= 0.3 is 5.69 Å². The molecule has 0 N–H and O–H groups in total. The zero-order valence-electron chi connectivity index (χ0n) is 15.9. The highest BCUT2D eigenvalue weighted by molar-refractivity contribution is 7.89. The molecule has 2 aromatic carbocycles. The van der Waals surface area contributed by atoms with Crippen molar-refractivity contribution in [1.82, 2.24) is 4.31 Å². The molecule has 9 heteroatoms. The van der Waals surface area contributed by atoms with E-state index in [2.05, 4.69) is 0 Å². The lowest BCUT2D eigenvalue weighted by Gasteiger charge is -2.30. The van der Waals surface area contributed by atoms with E-state index >= 15 is 0 Å². The lowest BCUT2D eigenvalue weighted by atomic mass is 10.0. The molecule has 0 unspecified atom stereocenters. The van der Waals surface area contributed by atoms with Crippen LogP contribution in [-0.4, -0.2) is 30.7 Å². The Labute approximate surface area is 169 Å². The maximum Gasteiger partial charge on any atom is 0.312 e. The molecule has 1 aliphatic heterocycles. The van der Waals surface area contributed by atoms with Crippen molar-refractivity contribution in [2.24, 2.45) is 5.92 Å². The molecule has 0 radical (unpaired) electrons. The Morgan fingerprint density at radius 1 is 1.28 bits per heavy atom. The van der Waals surface area contributed by atoms with E-state index in [1.165, 1.54) is 16.4 Å². The van der Waals surface area contributed by atoms with Crippen LogP contribution in [-0.2, 0) is 16.4 Å². The third-order valence-corrected chi connectivity index (χ3v) is 6.68. The van der Waals surface area contributed by atoms with Gasteiger partial charge in [-0.2, -0.15) is 9.57 Å². The smallest absolute Gasteiger partial charge is 0.312 e. The summed E-state index contributed by atoms with van der Waals surface area (Å²) in [5.41, 5.74) is 0.379. The molecule has 8 nitrogen and oxygen atoms in total. The van der Waals surface area contributed by atoms with Gasteiger partial charge in [-0.3, -0.25) is 10.1 Å². The molecule has 1 saturated heterocycles. The van der Waals surface area contributed by atoms with Gasteiger partial charge in [-0.25, -0.2) is 8.42 Å². The minimum absolute atomic E-state index is 0.0472. The number of hydrogen-bond acceptors (Lipinski definition) is 6. The van der Waals surface area contributed by atoms with Crippen LogP contribution in [0.3, 0.4) is 0 Å². The summed E-state index contributed by atoms with van der Waals surface area (Å²) < 4.78 is 32.8. The van der Waals surface area contributed by atoms with Gasteiger partial charge in [-0.05, 0) is 48.6 Å². The number of sulfonamides is 1. The average molecular weight is 415 g/mol. The Bertz CT molecular complexity index is 1040. The van der Waals surface area contributed by atoms with E-state index in [0.717, 1.165) is 24.5 Å². The number of hydrogen-bond donors (Lipinski definition) is 0. The predicted octanol–water partition coefficient (Wildman–Crippen LogP) is 3.87. The second kappa shape index (κ2) is 8.59. The quantitative estimate of drug-likeness (QED) is 0.523. The number of nitrogens with zero attached hydrogens (tertiary/aromatic N) is 3. The van der Waals surface area contributed by atoms with E-state index in [-0.39, 0.29) is 23.0 Å². The fourth-order valence-corrected chi connectivity index (χ4v) is 4.91. The molecule has 0 amide bonds. The summed E-state index contributed by atoms with van der Waals surface area (Å²) in [4.78, 5) is 10.8. The van der Waals surface area contributed by atoms with Gasteiger partial charge in [-0.15, -0.1) is 0 Å². The molecule has 0 bridgehead atoms. The van der Waals surface area contributed by atoms with Crippen molar-refractivity contribution in [3.63, 3.8) is 0 Å². The van der Waals surface area contributed by atoms with E-state index in [1.807, 2.05) is 13.0 Å². The SMILES string of the molecule is C[C@H]1CCCN(S(=O)(=O)c2ccc(Oc3ccc(CC#N)cc3)c([N+](=O)[O-])c2)C1. The molecule has 1 fully saturated rings. The van der Waals surface area contributed by atoms with Crippen molar-refractivity contribution in [3.05, 3.63) is 58.1 Å². The van der Waals surface area contributed by atoms with E-state index < -0.39 is 20.6 Å². The summed E-state index contributed by atoms with van der Waals surface area (Å²) in [6.07, 6.45) is 1.99. The van der Waals surface area contributed by atoms with E-state index in [0.29, 0.717) is 18.8 Å². The van der Waals surface area contributed by atoms with Gasteiger partial charge in [0, 0.05) is 19.2 Å². The van der Waals surface area contributed by atoms with Crippen molar-refractivity contribution in [3.8, 4) is 17.6 Å². The lowest BCUT2D eigenvalue weighted by Crippen LogP contribution is -2.39. The Hall–Kier alpha value is -2.96. The summed E-state index contributed by atoms with van der Waals surface area (Å²) in [6, 6.07) is 12.3. The Balaban J connectivity index is 1.89. The topological polar surface area (TPSA) is 114 Å². The van der Waals surface area contributed by atoms with Crippen LogP contribution in [0.4, 0.5) is 5.69 Å². The van der Waals surface area contributed by atoms with Gasteiger partial charge in [0.2, 0.25) is 15.8 Å². The van der Waals surface area contributed by atoms with Crippen molar-refractivity contribution in [2.75, 3.05) is 13.1 Å². The molecule has 3 rings (SSSR count). The highest BCUT2D eigenvalue weighted by Crippen LogP contribution is 2.35. The van der Waals surface area contributed by atoms with Gasteiger partial charge in [0.15, 0.2) is 0 Å². The zero-order valence-corrected chi connectivity index (χ0v) is 16.8. The first-order valence-electron chi connectivity index (χ1n) is 9.23. The Morgan fingerprint density at radius 3 is 2.62 bits per heavy atom. The van der Waals surface area contributed by atoms with Crippen LogP contribution in [0.1, 0.15) is 25.3 Å². The fourth-order valence-electron chi connectivity index (χ4n) is 3.29. The van der Waals surface area contributed by atoms with Crippen molar-refractivity contribution in [1.29, 1.82) is 5.26 Å². The minimum Gasteiger partial charge on any atom is -0.450 e. The molecule has 1 aliphatic rings. The molecule has 1 atom stereocenters. The van der Waals surface area contributed by atoms with Crippen molar-refractivity contribution in [2.45, 2.75) is 31.1 Å². The molecule has 0 spiro atoms. The summed E-state index contributed by atoms with van der Waals surface area (Å²) >= 11 is 0. The van der Waals surface area contributed by atoms with Gasteiger partial charge in [0.05, 0.1) is 22.3 Å². The standard InChI is InChI=1S/C20H21N3O5S/c1-15-3-2-12-22(14-15)29(26,27)18-8-9-20(19(13-18)23(24)25)28-17-6-4-16(5-7-17)10-11-21/h4-9,13,15H,2-3,10,12,14H2,1H3/t15-/m0/s1. The monoisotopic (exact) mass is 415 g/mol. The number of nitro groups is 1. The summed E-state index contributed by atoms with van der Waals surface area (Å²) in [5, 5.41) is 20.3. The lowest BCUT2D eigenvalue weighted by molar-refractivity contribution is -0.385. The molecule has 0 aliphatic carbocycles.